The number of nitrogens with one attached hydrogen (secondary N) is 1. The van der Waals surface area contributed by atoms with E-state index >= 15 is 0 Å². The summed E-state index contributed by atoms with van der Waals surface area (Å²) in [5, 5.41) is 3.14. The van der Waals surface area contributed by atoms with Crippen LogP contribution in [0.3, 0.4) is 0 Å². The Balaban J connectivity index is 2.45. The van der Waals surface area contributed by atoms with Crippen molar-refractivity contribution in [1.29, 1.82) is 0 Å². The summed E-state index contributed by atoms with van der Waals surface area (Å²) < 4.78 is 5.79. The smallest absolute Gasteiger partial charge is 0.122 e. The quantitative estimate of drug-likeness (QED) is 0.746. The molecule has 16 heavy (non-hydrogen) atoms. The van der Waals surface area contributed by atoms with Crippen molar-refractivity contribution >= 4 is 0 Å². The van der Waals surface area contributed by atoms with Crippen LogP contribution < -0.4 is 10.1 Å². The van der Waals surface area contributed by atoms with Gasteiger partial charge in [0, 0.05) is 0 Å². The first-order chi connectivity index (χ1) is 7.66. The fourth-order valence-electron chi connectivity index (χ4n) is 1.67. The second-order valence-corrected chi connectivity index (χ2v) is 4.29. The molecular formula is C14H23NO. The van der Waals surface area contributed by atoms with Crippen LogP contribution in [0.1, 0.15) is 29.5 Å². The lowest BCUT2D eigenvalue weighted by molar-refractivity contribution is 0.304. The lowest BCUT2D eigenvalue weighted by Gasteiger charge is -2.12. The van der Waals surface area contributed by atoms with E-state index in [1.165, 1.54) is 23.1 Å². The molecule has 0 heterocycles. The first-order valence-electron chi connectivity index (χ1n) is 6.01. The second-order valence-electron chi connectivity index (χ2n) is 4.29. The molecule has 0 amide bonds. The molecule has 90 valence electrons. The number of aryl methyl sites for hydroxylation is 1. The third-order valence-electron chi connectivity index (χ3n) is 3.09. The Hall–Kier alpha value is -1.02. The Bertz CT molecular complexity index is 334. The Morgan fingerprint density at radius 2 is 1.81 bits per heavy atom. The van der Waals surface area contributed by atoms with Crippen LogP contribution in [-0.2, 0) is 0 Å². The SMILES string of the molecule is CNCCCCOc1ccc(C)c(C)c1C. The minimum absolute atomic E-state index is 0.811. The molecule has 1 N–H and O–H groups in total. The van der Waals surface area contributed by atoms with Gasteiger partial charge in [-0.25, -0.2) is 0 Å². The molecule has 0 fully saturated rings. The molecule has 0 spiro atoms. The summed E-state index contributed by atoms with van der Waals surface area (Å²) in [6.07, 6.45) is 2.27. The largest absolute Gasteiger partial charge is 0.493 e. The molecule has 0 radical (unpaired) electrons. The predicted molar refractivity (Wildman–Crippen MR) is 69.3 cm³/mol. The van der Waals surface area contributed by atoms with Gasteiger partial charge in [-0.2, -0.15) is 0 Å². The van der Waals surface area contributed by atoms with Gasteiger partial charge in [-0.05, 0) is 70.0 Å². The Kier molecular flexibility index (Phi) is 5.33. The Morgan fingerprint density at radius 1 is 1.06 bits per heavy atom. The van der Waals surface area contributed by atoms with Gasteiger partial charge in [-0.3, -0.25) is 0 Å². The van der Waals surface area contributed by atoms with Crippen LogP contribution in [0.5, 0.6) is 5.75 Å². The molecule has 0 bridgehead atoms. The van der Waals surface area contributed by atoms with Crippen molar-refractivity contribution in [2.24, 2.45) is 0 Å². The van der Waals surface area contributed by atoms with E-state index in [-0.39, 0.29) is 0 Å². The standard InChI is InChI=1S/C14H23NO/c1-11-7-8-14(13(3)12(11)2)16-10-6-5-9-15-4/h7-8,15H,5-6,9-10H2,1-4H3. The molecule has 0 aliphatic carbocycles. The maximum atomic E-state index is 5.79. The predicted octanol–water partition coefficient (Wildman–Crippen LogP) is 2.99. The molecule has 0 saturated heterocycles. The van der Waals surface area contributed by atoms with E-state index in [4.69, 9.17) is 4.74 Å². The zero-order valence-electron chi connectivity index (χ0n) is 10.9. The average Bonchev–Trinajstić information content (AvgIpc) is 2.28. The summed E-state index contributed by atoms with van der Waals surface area (Å²) in [6, 6.07) is 4.21. The van der Waals surface area contributed by atoms with Gasteiger partial charge in [-0.1, -0.05) is 6.07 Å². The summed E-state index contributed by atoms with van der Waals surface area (Å²) in [5.41, 5.74) is 3.95. The van der Waals surface area contributed by atoms with Crippen molar-refractivity contribution in [3.05, 3.63) is 28.8 Å². The molecule has 0 unspecified atom stereocenters. The van der Waals surface area contributed by atoms with Gasteiger partial charge in [0.25, 0.3) is 0 Å². The monoisotopic (exact) mass is 221 g/mol. The summed E-state index contributed by atoms with van der Waals surface area (Å²) in [7, 11) is 1.98. The summed E-state index contributed by atoms with van der Waals surface area (Å²) in [4.78, 5) is 0. The molecule has 0 aromatic heterocycles. The molecule has 0 atom stereocenters. The van der Waals surface area contributed by atoms with Crippen LogP contribution in [0.15, 0.2) is 12.1 Å². The van der Waals surface area contributed by atoms with Crippen LogP contribution in [0.25, 0.3) is 0 Å². The van der Waals surface area contributed by atoms with E-state index in [0.717, 1.165) is 25.3 Å². The topological polar surface area (TPSA) is 21.3 Å². The van der Waals surface area contributed by atoms with Crippen LogP contribution >= 0.6 is 0 Å². The van der Waals surface area contributed by atoms with Crippen molar-refractivity contribution in [1.82, 2.24) is 5.32 Å². The molecule has 1 aromatic carbocycles. The van der Waals surface area contributed by atoms with E-state index in [1.807, 2.05) is 7.05 Å². The van der Waals surface area contributed by atoms with Crippen molar-refractivity contribution in [3.63, 3.8) is 0 Å². The highest BCUT2D eigenvalue weighted by Gasteiger charge is 2.04. The van der Waals surface area contributed by atoms with Crippen molar-refractivity contribution in [2.75, 3.05) is 20.2 Å². The van der Waals surface area contributed by atoms with Gasteiger partial charge in [-0.15, -0.1) is 0 Å². The van der Waals surface area contributed by atoms with Gasteiger partial charge in [0.1, 0.15) is 5.75 Å². The molecule has 1 aromatic rings. The minimum Gasteiger partial charge on any atom is -0.493 e. The van der Waals surface area contributed by atoms with Crippen molar-refractivity contribution in [2.45, 2.75) is 33.6 Å². The summed E-state index contributed by atoms with van der Waals surface area (Å²) in [6.45, 7) is 8.29. The van der Waals surface area contributed by atoms with E-state index in [0.29, 0.717) is 0 Å². The fourth-order valence-corrected chi connectivity index (χ4v) is 1.67. The maximum absolute atomic E-state index is 5.79. The molecule has 0 aliphatic heterocycles. The number of rotatable bonds is 6. The summed E-state index contributed by atoms with van der Waals surface area (Å²) in [5.74, 6) is 1.03. The third kappa shape index (κ3) is 3.53. The highest BCUT2D eigenvalue weighted by Crippen LogP contribution is 2.23. The highest BCUT2D eigenvalue weighted by atomic mass is 16.5. The summed E-state index contributed by atoms with van der Waals surface area (Å²) >= 11 is 0. The minimum atomic E-state index is 0.811. The van der Waals surface area contributed by atoms with Crippen molar-refractivity contribution in [3.8, 4) is 5.75 Å². The maximum Gasteiger partial charge on any atom is 0.122 e. The number of unbranched alkanes of at least 4 members (excludes halogenated alkanes) is 1. The average molecular weight is 221 g/mol. The fraction of sp³-hybridized carbons (Fsp3) is 0.571. The molecular weight excluding hydrogens is 198 g/mol. The van der Waals surface area contributed by atoms with Gasteiger partial charge in [0.2, 0.25) is 0 Å². The molecule has 1 rings (SSSR count). The van der Waals surface area contributed by atoms with Crippen LogP contribution in [0.4, 0.5) is 0 Å². The second kappa shape index (κ2) is 6.54. The first-order valence-corrected chi connectivity index (χ1v) is 6.01. The van der Waals surface area contributed by atoms with E-state index in [9.17, 15) is 0 Å². The molecule has 0 saturated carbocycles. The van der Waals surface area contributed by atoms with Crippen LogP contribution in [0.2, 0.25) is 0 Å². The van der Waals surface area contributed by atoms with E-state index in [2.05, 4.69) is 38.2 Å². The lowest BCUT2D eigenvalue weighted by atomic mass is 10.0. The third-order valence-corrected chi connectivity index (χ3v) is 3.09. The normalized spacial score (nSPS) is 10.5. The zero-order chi connectivity index (χ0) is 12.0. The van der Waals surface area contributed by atoms with Crippen LogP contribution in [-0.4, -0.2) is 20.2 Å². The zero-order valence-corrected chi connectivity index (χ0v) is 10.9. The van der Waals surface area contributed by atoms with E-state index < -0.39 is 0 Å². The van der Waals surface area contributed by atoms with Crippen molar-refractivity contribution < 1.29 is 4.74 Å². The number of hydrogen-bond acceptors (Lipinski definition) is 2. The number of hydrogen-bond donors (Lipinski definition) is 1. The lowest BCUT2D eigenvalue weighted by Crippen LogP contribution is -2.09. The van der Waals surface area contributed by atoms with Crippen LogP contribution in [0, 0.1) is 20.8 Å². The van der Waals surface area contributed by atoms with Gasteiger partial charge < -0.3 is 10.1 Å². The first kappa shape index (κ1) is 13.0. The number of ether oxygens (including phenoxy) is 1. The molecule has 2 heteroatoms. The molecule has 2 nitrogen and oxygen atoms in total. The Morgan fingerprint density at radius 3 is 2.50 bits per heavy atom. The molecule has 0 aliphatic rings. The van der Waals surface area contributed by atoms with Gasteiger partial charge in [0.15, 0.2) is 0 Å². The van der Waals surface area contributed by atoms with Gasteiger partial charge in [0.05, 0.1) is 6.61 Å². The highest BCUT2D eigenvalue weighted by molar-refractivity contribution is 5.42. The van der Waals surface area contributed by atoms with Gasteiger partial charge >= 0.3 is 0 Å². The number of benzene rings is 1. The Labute approximate surface area is 99.0 Å². The van der Waals surface area contributed by atoms with E-state index in [1.54, 1.807) is 0 Å².